The van der Waals surface area contributed by atoms with E-state index in [-0.39, 0.29) is 50.5 Å². The standard InChI is InChI=1S/C5H6.2CHF3O3S.5H3N.Os/c1-2-4-5-3-1;2*2-1(3,4)8(5,6)7;;;;;;/h1-4H,5H2;2*(H,5,6,7);5*1H3;. The Bertz CT molecular complexity index is 540. The minimum atomic E-state index is -5.84. The van der Waals surface area contributed by atoms with E-state index in [1.54, 1.807) is 0 Å². The van der Waals surface area contributed by atoms with Crippen molar-refractivity contribution in [3.8, 4) is 0 Å². The first-order valence-electron chi connectivity index (χ1n) is 4.39. The van der Waals surface area contributed by atoms with E-state index in [4.69, 9.17) is 25.9 Å². The maximum atomic E-state index is 10.7. The predicted molar refractivity (Wildman–Crippen MR) is 83.2 cm³/mol. The first kappa shape index (κ1) is 50.3. The SMILES string of the molecule is C1=CCC=C1.N.N.N.N.N.O=S(=O)(O)C(F)(F)F.O=S(=O)(O)C(F)(F)F.[Os]. The molecule has 17 N–H and O–H groups in total. The molecule has 0 saturated carbocycles. The van der Waals surface area contributed by atoms with E-state index in [0.29, 0.717) is 0 Å². The van der Waals surface area contributed by atoms with E-state index in [1.165, 1.54) is 0 Å². The number of rotatable bonds is 0. The second kappa shape index (κ2) is 18.7. The maximum Gasteiger partial charge on any atom is 0.522 e. The maximum absolute atomic E-state index is 10.7. The van der Waals surface area contributed by atoms with Gasteiger partial charge in [-0.15, -0.1) is 0 Å². The molecule has 1 aliphatic rings. The van der Waals surface area contributed by atoms with Gasteiger partial charge in [0.25, 0.3) is 0 Å². The van der Waals surface area contributed by atoms with Crippen molar-refractivity contribution in [1.29, 1.82) is 0 Å². The van der Waals surface area contributed by atoms with Crippen molar-refractivity contribution in [2.45, 2.75) is 17.4 Å². The third-order valence-corrected chi connectivity index (χ3v) is 2.41. The van der Waals surface area contributed by atoms with Crippen molar-refractivity contribution in [1.82, 2.24) is 30.8 Å². The molecule has 0 aromatic carbocycles. The van der Waals surface area contributed by atoms with Crippen molar-refractivity contribution >= 4 is 20.2 Å². The topological polar surface area (TPSA) is 284 Å². The first-order valence-corrected chi connectivity index (χ1v) is 7.27. The molecule has 0 fully saturated rings. The summed E-state index contributed by atoms with van der Waals surface area (Å²) in [6.07, 6.45) is 9.50. The van der Waals surface area contributed by atoms with Gasteiger partial charge in [-0.3, -0.25) is 9.11 Å². The summed E-state index contributed by atoms with van der Waals surface area (Å²) in [5.74, 6) is 0. The monoisotopic (exact) mass is 643 g/mol. The van der Waals surface area contributed by atoms with Crippen LogP contribution in [-0.2, 0) is 40.0 Å². The van der Waals surface area contributed by atoms with Crippen LogP contribution in [0.25, 0.3) is 0 Å². The largest absolute Gasteiger partial charge is 0.522 e. The molecule has 0 heterocycles. The molecule has 1 aliphatic carbocycles. The zero-order chi connectivity index (χ0) is 17.5. The molecule has 11 nitrogen and oxygen atoms in total. The second-order valence-electron chi connectivity index (χ2n) is 2.93. The summed E-state index contributed by atoms with van der Waals surface area (Å²) < 4.78 is 115. The van der Waals surface area contributed by atoms with Gasteiger partial charge in [-0.2, -0.15) is 43.2 Å². The van der Waals surface area contributed by atoms with Gasteiger partial charge < -0.3 is 30.8 Å². The summed E-state index contributed by atoms with van der Waals surface area (Å²) in [4.78, 5) is 0. The quantitative estimate of drug-likeness (QED) is 0.115. The summed E-state index contributed by atoms with van der Waals surface area (Å²) in [6.45, 7) is 0. The molecule has 0 amide bonds. The average Bonchev–Trinajstić information content (AvgIpc) is 2.68. The van der Waals surface area contributed by atoms with Crippen LogP contribution >= 0.6 is 0 Å². The van der Waals surface area contributed by atoms with Crippen LogP contribution in [0.2, 0.25) is 0 Å². The molecule has 1 rings (SSSR count). The van der Waals surface area contributed by atoms with Gasteiger partial charge in [0.05, 0.1) is 0 Å². The zero-order valence-corrected chi connectivity index (χ0v) is 17.7. The van der Waals surface area contributed by atoms with Crippen LogP contribution in [0, 0.1) is 0 Å². The molecular weight excluding hydrogens is 618 g/mol. The molecule has 0 aromatic heterocycles. The van der Waals surface area contributed by atoms with E-state index in [1.807, 2.05) is 0 Å². The molecule has 27 heavy (non-hydrogen) atoms. The molecule has 0 atom stereocenters. The Balaban J connectivity index is -0.0000000305. The number of halogens is 6. The molecule has 0 radical (unpaired) electrons. The van der Waals surface area contributed by atoms with Crippen LogP contribution in [0.3, 0.4) is 0 Å². The third-order valence-electron chi connectivity index (χ3n) is 1.24. The summed E-state index contributed by atoms with van der Waals surface area (Å²) in [5, 5.41) is 0. The fourth-order valence-corrected chi connectivity index (χ4v) is 0.393. The van der Waals surface area contributed by atoms with Gasteiger partial charge in [0.2, 0.25) is 0 Å². The van der Waals surface area contributed by atoms with Crippen LogP contribution in [-0.4, -0.2) is 37.0 Å². The van der Waals surface area contributed by atoms with E-state index in [9.17, 15) is 26.3 Å². The van der Waals surface area contributed by atoms with E-state index in [2.05, 4.69) is 24.3 Å². The van der Waals surface area contributed by atoms with Gasteiger partial charge in [0, 0.05) is 19.8 Å². The minimum absolute atomic E-state index is 0. The number of hydrogen-bond donors (Lipinski definition) is 7. The minimum Gasteiger partial charge on any atom is -0.344 e. The van der Waals surface area contributed by atoms with Crippen molar-refractivity contribution < 1.29 is 72.1 Å². The van der Waals surface area contributed by atoms with Gasteiger partial charge in [-0.05, 0) is 6.42 Å². The normalized spacial score (nSPS) is 11.6. The van der Waals surface area contributed by atoms with Crippen molar-refractivity contribution in [2.24, 2.45) is 0 Å². The Hall–Kier alpha value is -0.684. The van der Waals surface area contributed by atoms with Crippen LogP contribution in [0.4, 0.5) is 26.3 Å². The molecule has 0 saturated heterocycles. The number of alkyl halides is 6. The van der Waals surface area contributed by atoms with Crippen LogP contribution in [0.1, 0.15) is 6.42 Å². The van der Waals surface area contributed by atoms with Gasteiger partial charge >= 0.3 is 31.3 Å². The molecule has 0 aromatic rings. The smallest absolute Gasteiger partial charge is 0.344 e. The summed E-state index contributed by atoms with van der Waals surface area (Å²) in [7, 11) is -11.7. The Kier molecular flexibility index (Phi) is 34.8. The third kappa shape index (κ3) is 27.6. The van der Waals surface area contributed by atoms with Gasteiger partial charge in [0.15, 0.2) is 0 Å². The zero-order valence-electron chi connectivity index (χ0n) is 13.5. The molecule has 0 unspecified atom stereocenters. The Morgan fingerprint density at radius 2 is 0.778 bits per heavy atom. The molecule has 20 heteroatoms. The van der Waals surface area contributed by atoms with E-state index >= 15 is 0 Å². The van der Waals surface area contributed by atoms with Crippen LogP contribution in [0.5, 0.6) is 0 Å². The van der Waals surface area contributed by atoms with Crippen LogP contribution < -0.4 is 30.8 Å². The van der Waals surface area contributed by atoms with Gasteiger partial charge in [0.1, 0.15) is 0 Å². The van der Waals surface area contributed by atoms with Crippen molar-refractivity contribution in [3.63, 3.8) is 0 Å². The summed E-state index contributed by atoms with van der Waals surface area (Å²) in [5.41, 5.74) is -11.1. The van der Waals surface area contributed by atoms with E-state index in [0.717, 1.165) is 6.42 Å². The average molecular weight is 642 g/mol. The molecule has 0 bridgehead atoms. The Morgan fingerprint density at radius 1 is 0.630 bits per heavy atom. The van der Waals surface area contributed by atoms with Crippen LogP contribution in [0.15, 0.2) is 24.3 Å². The van der Waals surface area contributed by atoms with E-state index < -0.39 is 31.3 Å². The summed E-state index contributed by atoms with van der Waals surface area (Å²) >= 11 is 0. The number of hydrogen-bond acceptors (Lipinski definition) is 9. The number of allylic oxidation sites excluding steroid dienone is 4. The fourth-order valence-electron chi connectivity index (χ4n) is 0.393. The molecule has 0 aliphatic heterocycles. The summed E-state index contributed by atoms with van der Waals surface area (Å²) in [6, 6.07) is 0. The van der Waals surface area contributed by atoms with Crippen molar-refractivity contribution in [3.05, 3.63) is 24.3 Å². The van der Waals surface area contributed by atoms with Crippen molar-refractivity contribution in [2.75, 3.05) is 0 Å². The predicted octanol–water partition coefficient (Wildman–Crippen LogP) is 3.10. The van der Waals surface area contributed by atoms with Gasteiger partial charge in [-0.1, -0.05) is 24.3 Å². The molecular formula is C7H23F6N5O6OsS2. The second-order valence-corrected chi connectivity index (χ2v) is 5.76. The molecule has 174 valence electrons. The van der Waals surface area contributed by atoms with Gasteiger partial charge in [-0.25, -0.2) is 0 Å². The fraction of sp³-hybridized carbons (Fsp3) is 0.429. The Labute approximate surface area is 165 Å². The first-order chi connectivity index (χ1) is 9.00. The Morgan fingerprint density at radius 3 is 0.815 bits per heavy atom. The molecule has 0 spiro atoms.